The van der Waals surface area contributed by atoms with Gasteiger partial charge in [-0.1, -0.05) is 30.3 Å². The van der Waals surface area contributed by atoms with Gasteiger partial charge in [0.25, 0.3) is 10.1 Å². The van der Waals surface area contributed by atoms with Crippen molar-refractivity contribution in [2.45, 2.75) is 20.3 Å². The number of rotatable bonds is 5. The molecule has 0 aromatic heterocycles. The first kappa shape index (κ1) is 19.0. The topological polar surface area (TPSA) is 57.6 Å². The molecule has 0 saturated heterocycles. The van der Waals surface area contributed by atoms with Gasteiger partial charge in [-0.25, -0.2) is 0 Å². The molecular weight excluding hydrogens is 366 g/mol. The lowest BCUT2D eigenvalue weighted by Crippen LogP contribution is -2.18. The highest BCUT2D eigenvalue weighted by molar-refractivity contribution is 8.03. The smallest absolute Gasteiger partial charge is 0.264 e. The van der Waals surface area contributed by atoms with E-state index in [2.05, 4.69) is 56.1 Å². The van der Waals surface area contributed by atoms with Crippen LogP contribution in [0.15, 0.2) is 47.4 Å². The molecular formula is C20H23NO3S2. The quantitative estimate of drug-likeness (QED) is 0.584. The van der Waals surface area contributed by atoms with Crippen LogP contribution >= 0.6 is 11.8 Å². The van der Waals surface area contributed by atoms with E-state index in [9.17, 15) is 8.42 Å². The van der Waals surface area contributed by atoms with Crippen LogP contribution in [0.2, 0.25) is 0 Å². The van der Waals surface area contributed by atoms with Crippen molar-refractivity contribution in [2.24, 2.45) is 0 Å². The van der Waals surface area contributed by atoms with E-state index in [1.165, 1.54) is 33.6 Å². The Morgan fingerprint density at radius 3 is 2.54 bits per heavy atom. The Balaban J connectivity index is 1.99. The molecule has 0 saturated carbocycles. The van der Waals surface area contributed by atoms with Gasteiger partial charge in [0.15, 0.2) is 0 Å². The minimum atomic E-state index is -3.89. The molecule has 26 heavy (non-hydrogen) atoms. The van der Waals surface area contributed by atoms with Crippen LogP contribution in [-0.2, 0) is 10.1 Å². The van der Waals surface area contributed by atoms with Crippen molar-refractivity contribution in [3.63, 3.8) is 0 Å². The fraction of sp³-hybridized carbons (Fsp3) is 0.300. The van der Waals surface area contributed by atoms with Gasteiger partial charge in [0.1, 0.15) is 0 Å². The zero-order valence-electron chi connectivity index (χ0n) is 15.2. The summed E-state index contributed by atoms with van der Waals surface area (Å²) in [6, 6.07) is 14.8. The Bertz CT molecular complexity index is 965. The number of benzene rings is 2. The summed E-state index contributed by atoms with van der Waals surface area (Å²) >= 11 is 1.64. The van der Waals surface area contributed by atoms with Crippen molar-refractivity contribution in [3.05, 3.63) is 64.1 Å². The number of fused-ring (bicyclic) bond motifs is 2. The summed E-state index contributed by atoms with van der Waals surface area (Å²) in [6.07, 6.45) is 0.427. The average molecular weight is 390 g/mol. The lowest BCUT2D eigenvalue weighted by molar-refractivity contribution is 0.482. The second-order valence-corrected chi connectivity index (χ2v) is 9.40. The van der Waals surface area contributed by atoms with E-state index in [-0.39, 0.29) is 5.75 Å². The van der Waals surface area contributed by atoms with Crippen LogP contribution in [0.25, 0.3) is 5.57 Å². The Labute approximate surface area is 159 Å². The normalized spacial score (nSPS) is 15.5. The van der Waals surface area contributed by atoms with Gasteiger partial charge in [0.2, 0.25) is 0 Å². The molecule has 0 bridgehead atoms. The number of hydrogen-bond donors (Lipinski definition) is 1. The van der Waals surface area contributed by atoms with Crippen molar-refractivity contribution in [3.8, 4) is 0 Å². The first-order valence-corrected chi connectivity index (χ1v) is 11.1. The Morgan fingerprint density at radius 2 is 1.81 bits per heavy atom. The largest absolute Gasteiger partial charge is 0.344 e. The molecule has 0 fully saturated rings. The second-order valence-electron chi connectivity index (χ2n) is 6.52. The van der Waals surface area contributed by atoms with Crippen LogP contribution in [0.4, 0.5) is 11.4 Å². The monoisotopic (exact) mass is 389 g/mol. The van der Waals surface area contributed by atoms with Crippen LogP contribution in [0.1, 0.15) is 30.0 Å². The first-order valence-electron chi connectivity index (χ1n) is 8.51. The maximum absolute atomic E-state index is 10.9. The Morgan fingerprint density at radius 1 is 1.12 bits per heavy atom. The van der Waals surface area contributed by atoms with Gasteiger partial charge < -0.3 is 4.90 Å². The van der Waals surface area contributed by atoms with Crippen LogP contribution in [0, 0.1) is 6.92 Å². The minimum Gasteiger partial charge on any atom is -0.344 e. The van der Waals surface area contributed by atoms with Crippen molar-refractivity contribution in [1.29, 1.82) is 0 Å². The van der Waals surface area contributed by atoms with Crippen LogP contribution < -0.4 is 4.90 Å². The van der Waals surface area contributed by atoms with Gasteiger partial charge >= 0.3 is 0 Å². The molecule has 1 N–H and O–H groups in total. The highest BCUT2D eigenvalue weighted by atomic mass is 32.2. The average Bonchev–Trinajstić information content (AvgIpc) is 2.59. The Kier molecular flexibility index (Phi) is 5.46. The first-order chi connectivity index (χ1) is 12.3. The molecule has 0 unspecified atom stereocenters. The third-order valence-electron chi connectivity index (χ3n) is 4.54. The number of hydrogen-bond acceptors (Lipinski definition) is 4. The highest BCUT2D eigenvalue weighted by Gasteiger charge is 2.25. The Hall–Kier alpha value is -1.76. The molecule has 6 heteroatoms. The van der Waals surface area contributed by atoms with Crippen molar-refractivity contribution in [1.82, 2.24) is 0 Å². The molecule has 3 rings (SSSR count). The highest BCUT2D eigenvalue weighted by Crippen LogP contribution is 2.47. The summed E-state index contributed by atoms with van der Waals surface area (Å²) in [7, 11) is -1.81. The van der Waals surface area contributed by atoms with Gasteiger partial charge in [0, 0.05) is 35.1 Å². The molecule has 1 heterocycles. The van der Waals surface area contributed by atoms with E-state index in [1.807, 2.05) is 12.1 Å². The molecule has 1 aliphatic rings. The summed E-state index contributed by atoms with van der Waals surface area (Å²) in [4.78, 5) is 3.38. The number of thioether (sulfide) groups is 1. The number of para-hydroxylation sites is 1. The minimum absolute atomic E-state index is 0.197. The zero-order chi connectivity index (χ0) is 18.9. The maximum Gasteiger partial charge on any atom is 0.264 e. The fourth-order valence-corrected chi connectivity index (χ4v) is 4.95. The summed E-state index contributed by atoms with van der Waals surface area (Å²) in [6.45, 7) is 4.17. The molecule has 2 aromatic rings. The van der Waals surface area contributed by atoms with E-state index < -0.39 is 10.1 Å². The summed E-state index contributed by atoms with van der Waals surface area (Å²) < 4.78 is 30.7. The number of allylic oxidation sites excluding steroid dienone is 1. The van der Waals surface area contributed by atoms with Crippen LogP contribution in [0.3, 0.4) is 0 Å². The van der Waals surface area contributed by atoms with E-state index >= 15 is 0 Å². The van der Waals surface area contributed by atoms with Gasteiger partial charge in [-0.2, -0.15) is 8.42 Å². The number of anilines is 2. The lowest BCUT2D eigenvalue weighted by atomic mass is 9.89. The second kappa shape index (κ2) is 7.47. The van der Waals surface area contributed by atoms with E-state index in [0.717, 1.165) is 4.91 Å². The SMILES string of the molecule is C/C(SCCCS(=O)(=O)O)=C1\c2ccccc2N(C)c2cc(C)ccc21. The molecule has 2 aromatic carbocycles. The van der Waals surface area contributed by atoms with Gasteiger partial charge in [-0.05, 0) is 48.6 Å². The molecule has 0 spiro atoms. The maximum atomic E-state index is 10.9. The molecule has 138 valence electrons. The predicted octanol–water partition coefficient (Wildman–Crippen LogP) is 4.87. The summed E-state index contributed by atoms with van der Waals surface area (Å²) in [5.74, 6) is 0.450. The third-order valence-corrected chi connectivity index (χ3v) is 6.47. The molecule has 4 nitrogen and oxygen atoms in total. The van der Waals surface area contributed by atoms with Gasteiger partial charge in [-0.3, -0.25) is 4.55 Å². The van der Waals surface area contributed by atoms with Gasteiger partial charge in [0.05, 0.1) is 5.75 Å². The van der Waals surface area contributed by atoms with Crippen molar-refractivity contribution < 1.29 is 13.0 Å². The van der Waals surface area contributed by atoms with Crippen molar-refractivity contribution in [2.75, 3.05) is 23.5 Å². The summed E-state index contributed by atoms with van der Waals surface area (Å²) in [5, 5.41) is 0. The molecule has 0 aliphatic carbocycles. The molecule has 0 radical (unpaired) electrons. The predicted molar refractivity (Wildman–Crippen MR) is 111 cm³/mol. The lowest BCUT2D eigenvalue weighted by Gasteiger charge is -2.33. The molecule has 0 amide bonds. The number of aryl methyl sites for hydroxylation is 1. The third kappa shape index (κ3) is 3.98. The fourth-order valence-electron chi connectivity index (χ4n) is 3.30. The van der Waals surface area contributed by atoms with E-state index in [1.54, 1.807) is 11.8 Å². The van der Waals surface area contributed by atoms with Crippen molar-refractivity contribution >= 4 is 38.8 Å². The van der Waals surface area contributed by atoms with E-state index in [4.69, 9.17) is 4.55 Å². The van der Waals surface area contributed by atoms with Crippen LogP contribution in [0.5, 0.6) is 0 Å². The molecule has 0 atom stereocenters. The van der Waals surface area contributed by atoms with Crippen LogP contribution in [-0.4, -0.2) is 31.5 Å². The molecule has 1 aliphatic heterocycles. The van der Waals surface area contributed by atoms with E-state index in [0.29, 0.717) is 12.2 Å². The summed E-state index contributed by atoms with van der Waals surface area (Å²) in [5.41, 5.74) is 7.14. The standard InChI is InChI=1S/C20H23NO3S2/c1-14-9-10-17-19(13-14)21(3)18-8-5-4-7-16(18)20(17)15(2)25-11-6-12-26(22,23)24/h4-5,7-10,13H,6,11-12H2,1-3H3,(H,22,23,24)/b20-15-. The zero-order valence-corrected chi connectivity index (χ0v) is 16.8. The van der Waals surface area contributed by atoms with Gasteiger partial charge in [-0.15, -0.1) is 11.8 Å². The number of nitrogens with zero attached hydrogens (tertiary/aromatic N) is 1.